The first-order chi connectivity index (χ1) is 11.6. The Morgan fingerprint density at radius 2 is 1.88 bits per heavy atom. The van der Waals surface area contributed by atoms with Crippen LogP contribution in [-0.2, 0) is 14.4 Å². The van der Waals surface area contributed by atoms with Crippen molar-refractivity contribution in [1.29, 1.82) is 0 Å². The second kappa shape index (κ2) is 7.03. The number of benzene rings is 1. The molecule has 0 aliphatic carbocycles. The van der Waals surface area contributed by atoms with Crippen molar-refractivity contribution in [2.45, 2.75) is 25.8 Å². The van der Waals surface area contributed by atoms with Gasteiger partial charge in [0.15, 0.2) is 0 Å². The normalized spacial score (nSPS) is 21.3. The summed E-state index contributed by atoms with van der Waals surface area (Å²) in [5.74, 6) is 0.0467. The minimum Gasteiger partial charge on any atom is -0.337 e. The van der Waals surface area contributed by atoms with Crippen LogP contribution in [-0.4, -0.2) is 65.1 Å². The molecule has 2 saturated heterocycles. The highest BCUT2D eigenvalue weighted by Gasteiger charge is 2.33. The molecule has 1 aromatic rings. The third-order valence-corrected chi connectivity index (χ3v) is 4.82. The summed E-state index contributed by atoms with van der Waals surface area (Å²) in [6.45, 7) is 3.90. The highest BCUT2D eigenvalue weighted by Crippen LogP contribution is 2.25. The molecule has 6 heteroatoms. The molecule has 0 aromatic heterocycles. The van der Waals surface area contributed by atoms with Gasteiger partial charge in [-0.15, -0.1) is 0 Å². The van der Waals surface area contributed by atoms with Gasteiger partial charge in [0.05, 0.1) is 12.6 Å². The zero-order chi connectivity index (χ0) is 17.1. The third-order valence-electron chi connectivity index (χ3n) is 4.82. The summed E-state index contributed by atoms with van der Waals surface area (Å²) in [6, 6.07) is 9.66. The molecule has 3 rings (SSSR count). The second-order valence-corrected chi connectivity index (χ2v) is 6.40. The molecule has 2 heterocycles. The maximum absolute atomic E-state index is 12.6. The Morgan fingerprint density at radius 3 is 2.50 bits per heavy atom. The molecular formula is C18H23N3O3. The molecule has 0 spiro atoms. The number of piperazine rings is 1. The predicted octanol–water partition coefficient (Wildman–Crippen LogP) is 1.04. The van der Waals surface area contributed by atoms with Crippen molar-refractivity contribution in [3.05, 3.63) is 35.9 Å². The highest BCUT2D eigenvalue weighted by molar-refractivity contribution is 5.86. The Bertz CT molecular complexity index is 632. The van der Waals surface area contributed by atoms with E-state index < -0.39 is 0 Å². The summed E-state index contributed by atoms with van der Waals surface area (Å²) in [6.07, 6.45) is 1.37. The van der Waals surface area contributed by atoms with E-state index in [4.69, 9.17) is 0 Å². The van der Waals surface area contributed by atoms with Gasteiger partial charge in [-0.05, 0) is 12.0 Å². The lowest BCUT2D eigenvalue weighted by Crippen LogP contribution is -2.53. The van der Waals surface area contributed by atoms with Gasteiger partial charge in [-0.1, -0.05) is 30.3 Å². The van der Waals surface area contributed by atoms with E-state index in [1.165, 1.54) is 0 Å². The number of rotatable bonds is 3. The van der Waals surface area contributed by atoms with Crippen molar-refractivity contribution in [3.63, 3.8) is 0 Å². The van der Waals surface area contributed by atoms with Crippen molar-refractivity contribution >= 4 is 17.7 Å². The summed E-state index contributed by atoms with van der Waals surface area (Å²) in [5, 5.41) is 0. The Labute approximate surface area is 142 Å². The molecule has 0 N–H and O–H groups in total. The third kappa shape index (κ3) is 3.42. The van der Waals surface area contributed by atoms with Crippen molar-refractivity contribution < 1.29 is 14.4 Å². The predicted molar refractivity (Wildman–Crippen MR) is 89.0 cm³/mol. The number of likely N-dealkylation sites (tertiary alicyclic amines) is 1. The van der Waals surface area contributed by atoms with E-state index in [2.05, 4.69) is 0 Å². The Kier molecular flexibility index (Phi) is 4.83. The number of hydrogen-bond donors (Lipinski definition) is 0. The van der Waals surface area contributed by atoms with Crippen LogP contribution in [0.25, 0.3) is 0 Å². The zero-order valence-electron chi connectivity index (χ0n) is 14.0. The Morgan fingerprint density at radius 1 is 1.12 bits per heavy atom. The molecule has 2 aliphatic heterocycles. The molecule has 0 bridgehead atoms. The molecule has 0 radical (unpaired) electrons. The molecule has 3 amide bonds. The average molecular weight is 329 g/mol. The Hall–Kier alpha value is -2.37. The molecule has 24 heavy (non-hydrogen) atoms. The Balaban J connectivity index is 1.71. The zero-order valence-corrected chi connectivity index (χ0v) is 14.0. The number of amides is 3. The van der Waals surface area contributed by atoms with Gasteiger partial charge in [0.2, 0.25) is 17.7 Å². The van der Waals surface area contributed by atoms with Gasteiger partial charge >= 0.3 is 0 Å². The first-order valence-electron chi connectivity index (χ1n) is 8.44. The van der Waals surface area contributed by atoms with Crippen molar-refractivity contribution in [2.75, 3.05) is 32.7 Å². The van der Waals surface area contributed by atoms with Gasteiger partial charge in [0.25, 0.3) is 0 Å². The van der Waals surface area contributed by atoms with Gasteiger partial charge in [-0.2, -0.15) is 0 Å². The van der Waals surface area contributed by atoms with Crippen LogP contribution in [0.2, 0.25) is 0 Å². The van der Waals surface area contributed by atoms with Crippen LogP contribution in [0.15, 0.2) is 30.3 Å². The quantitative estimate of drug-likeness (QED) is 0.832. The molecule has 0 unspecified atom stereocenters. The van der Waals surface area contributed by atoms with Crippen LogP contribution in [0.3, 0.4) is 0 Å². The molecule has 2 aliphatic rings. The van der Waals surface area contributed by atoms with Crippen LogP contribution >= 0.6 is 0 Å². The molecule has 1 atom stereocenters. The van der Waals surface area contributed by atoms with E-state index >= 15 is 0 Å². The molecule has 1 aromatic carbocycles. The molecule has 0 saturated carbocycles. The van der Waals surface area contributed by atoms with Gasteiger partial charge in [0.1, 0.15) is 0 Å². The van der Waals surface area contributed by atoms with Gasteiger partial charge < -0.3 is 14.7 Å². The SMILES string of the molecule is CC(=O)N1CCN(C(=O)CN2CCCC2=O)C[C@@H]1c1ccccc1. The van der Waals surface area contributed by atoms with Crippen LogP contribution in [0.5, 0.6) is 0 Å². The van der Waals surface area contributed by atoms with E-state index in [1.54, 1.807) is 16.7 Å². The minimum atomic E-state index is -0.129. The maximum Gasteiger partial charge on any atom is 0.242 e. The minimum absolute atomic E-state index is 0.0191. The first-order valence-corrected chi connectivity index (χ1v) is 8.44. The van der Waals surface area contributed by atoms with Crippen LogP contribution < -0.4 is 0 Å². The fraction of sp³-hybridized carbons (Fsp3) is 0.500. The maximum atomic E-state index is 12.6. The van der Waals surface area contributed by atoms with E-state index in [-0.39, 0.29) is 30.3 Å². The van der Waals surface area contributed by atoms with Crippen molar-refractivity contribution in [1.82, 2.24) is 14.7 Å². The lowest BCUT2D eigenvalue weighted by atomic mass is 10.0. The molecule has 2 fully saturated rings. The summed E-state index contributed by atoms with van der Waals surface area (Å²) >= 11 is 0. The van der Waals surface area contributed by atoms with E-state index in [1.807, 2.05) is 35.2 Å². The molecule has 128 valence electrons. The number of carbonyl (C=O) groups excluding carboxylic acids is 3. The van der Waals surface area contributed by atoms with Crippen molar-refractivity contribution in [3.8, 4) is 0 Å². The van der Waals surface area contributed by atoms with Gasteiger partial charge in [-0.3, -0.25) is 14.4 Å². The lowest BCUT2D eigenvalue weighted by molar-refractivity contribution is -0.144. The first kappa shape index (κ1) is 16.5. The van der Waals surface area contributed by atoms with Crippen molar-refractivity contribution in [2.24, 2.45) is 0 Å². The fourth-order valence-corrected chi connectivity index (χ4v) is 3.48. The topological polar surface area (TPSA) is 60.9 Å². The monoisotopic (exact) mass is 329 g/mol. The average Bonchev–Trinajstić information content (AvgIpc) is 3.00. The molecular weight excluding hydrogens is 306 g/mol. The van der Waals surface area contributed by atoms with E-state index in [0.717, 1.165) is 12.0 Å². The number of carbonyl (C=O) groups is 3. The van der Waals surface area contributed by atoms with Crippen LogP contribution in [0.4, 0.5) is 0 Å². The summed E-state index contributed by atoms with van der Waals surface area (Å²) in [4.78, 5) is 41.5. The summed E-state index contributed by atoms with van der Waals surface area (Å²) in [5.41, 5.74) is 1.03. The van der Waals surface area contributed by atoms with E-state index in [0.29, 0.717) is 32.6 Å². The fourth-order valence-electron chi connectivity index (χ4n) is 3.48. The molecule has 6 nitrogen and oxygen atoms in total. The number of hydrogen-bond acceptors (Lipinski definition) is 3. The van der Waals surface area contributed by atoms with Gasteiger partial charge in [0, 0.05) is 39.5 Å². The van der Waals surface area contributed by atoms with Crippen LogP contribution in [0, 0.1) is 0 Å². The lowest BCUT2D eigenvalue weighted by Gasteiger charge is -2.41. The van der Waals surface area contributed by atoms with Gasteiger partial charge in [-0.25, -0.2) is 0 Å². The smallest absolute Gasteiger partial charge is 0.242 e. The standard InChI is InChI=1S/C18H23N3O3/c1-14(22)21-11-10-20(12-16(21)15-6-3-2-4-7-15)18(24)13-19-9-5-8-17(19)23/h2-4,6-7,16H,5,8-13H2,1H3/t16-/m1/s1. The largest absolute Gasteiger partial charge is 0.337 e. The van der Waals surface area contributed by atoms with Crippen LogP contribution in [0.1, 0.15) is 31.4 Å². The summed E-state index contributed by atoms with van der Waals surface area (Å²) in [7, 11) is 0. The second-order valence-electron chi connectivity index (χ2n) is 6.40. The number of nitrogens with zero attached hydrogens (tertiary/aromatic N) is 3. The summed E-state index contributed by atoms with van der Waals surface area (Å²) < 4.78 is 0. The highest BCUT2D eigenvalue weighted by atomic mass is 16.2. The van der Waals surface area contributed by atoms with E-state index in [9.17, 15) is 14.4 Å².